The second kappa shape index (κ2) is 5.31. The van der Waals surface area contributed by atoms with E-state index in [1.165, 1.54) is 5.56 Å². The fourth-order valence-electron chi connectivity index (χ4n) is 1.43. The first-order valence-electron chi connectivity index (χ1n) is 5.39. The SMILES string of the molecule is CN(C)c1nnc(CCc2ccc(Br)cc2)o1. The molecule has 0 amide bonds. The van der Waals surface area contributed by atoms with E-state index in [9.17, 15) is 0 Å². The van der Waals surface area contributed by atoms with Gasteiger partial charge in [-0.2, -0.15) is 0 Å². The van der Waals surface area contributed by atoms with Gasteiger partial charge in [0, 0.05) is 25.0 Å². The van der Waals surface area contributed by atoms with Gasteiger partial charge in [0.1, 0.15) is 0 Å². The van der Waals surface area contributed by atoms with Crippen LogP contribution in [0, 0.1) is 0 Å². The van der Waals surface area contributed by atoms with Crippen molar-refractivity contribution in [2.45, 2.75) is 12.8 Å². The van der Waals surface area contributed by atoms with Gasteiger partial charge >= 0.3 is 6.01 Å². The molecule has 17 heavy (non-hydrogen) atoms. The molecule has 0 aliphatic carbocycles. The third-order valence-electron chi connectivity index (χ3n) is 2.38. The van der Waals surface area contributed by atoms with Crippen molar-refractivity contribution < 1.29 is 4.42 Å². The molecule has 0 atom stereocenters. The van der Waals surface area contributed by atoms with E-state index in [1.54, 1.807) is 4.90 Å². The van der Waals surface area contributed by atoms with E-state index in [4.69, 9.17) is 4.42 Å². The average Bonchev–Trinajstić information content (AvgIpc) is 2.77. The molecule has 0 aliphatic rings. The summed E-state index contributed by atoms with van der Waals surface area (Å²) >= 11 is 3.41. The van der Waals surface area contributed by atoms with Crippen molar-refractivity contribution in [3.05, 3.63) is 40.2 Å². The number of rotatable bonds is 4. The van der Waals surface area contributed by atoms with Gasteiger partial charge in [0.15, 0.2) is 0 Å². The average molecular weight is 296 g/mol. The molecule has 0 N–H and O–H groups in total. The van der Waals surface area contributed by atoms with Gasteiger partial charge < -0.3 is 9.32 Å². The Bertz CT molecular complexity index is 479. The predicted molar refractivity (Wildman–Crippen MR) is 70.2 cm³/mol. The number of halogens is 1. The van der Waals surface area contributed by atoms with Gasteiger partial charge in [-0.05, 0) is 24.1 Å². The van der Waals surface area contributed by atoms with Crippen molar-refractivity contribution in [2.75, 3.05) is 19.0 Å². The van der Waals surface area contributed by atoms with Crippen molar-refractivity contribution in [3.63, 3.8) is 0 Å². The highest BCUT2D eigenvalue weighted by Gasteiger charge is 2.07. The standard InChI is InChI=1S/C12H14BrN3O/c1-16(2)12-15-14-11(17-12)8-5-9-3-6-10(13)7-4-9/h3-4,6-7H,5,8H2,1-2H3. The Hall–Kier alpha value is -1.36. The van der Waals surface area contributed by atoms with E-state index in [2.05, 4.69) is 38.3 Å². The lowest BCUT2D eigenvalue weighted by molar-refractivity contribution is 0.494. The van der Waals surface area contributed by atoms with Gasteiger partial charge in [-0.3, -0.25) is 0 Å². The van der Waals surface area contributed by atoms with Crippen molar-refractivity contribution in [1.29, 1.82) is 0 Å². The summed E-state index contributed by atoms with van der Waals surface area (Å²) in [4.78, 5) is 1.80. The van der Waals surface area contributed by atoms with E-state index >= 15 is 0 Å². The van der Waals surface area contributed by atoms with Gasteiger partial charge in [0.05, 0.1) is 0 Å². The molecule has 0 bridgehead atoms. The Morgan fingerprint density at radius 2 is 1.82 bits per heavy atom. The zero-order valence-corrected chi connectivity index (χ0v) is 11.4. The maximum atomic E-state index is 5.48. The minimum atomic E-state index is 0.552. The molecule has 2 aromatic rings. The number of aryl methyl sites for hydroxylation is 2. The third-order valence-corrected chi connectivity index (χ3v) is 2.91. The van der Waals surface area contributed by atoms with Crippen molar-refractivity contribution in [2.24, 2.45) is 0 Å². The Balaban J connectivity index is 1.95. The smallest absolute Gasteiger partial charge is 0.317 e. The normalized spacial score (nSPS) is 10.5. The van der Waals surface area contributed by atoms with Crippen LogP contribution < -0.4 is 4.90 Å². The molecule has 0 aliphatic heterocycles. The second-order valence-corrected chi connectivity index (χ2v) is 4.91. The summed E-state index contributed by atoms with van der Waals surface area (Å²) in [5.41, 5.74) is 1.26. The minimum Gasteiger partial charge on any atom is -0.408 e. The number of nitrogens with zero attached hydrogens (tertiary/aromatic N) is 3. The van der Waals surface area contributed by atoms with E-state index in [1.807, 2.05) is 26.2 Å². The highest BCUT2D eigenvalue weighted by atomic mass is 79.9. The predicted octanol–water partition coefficient (Wildman–Crippen LogP) is 2.68. The highest BCUT2D eigenvalue weighted by Crippen LogP contribution is 2.14. The van der Waals surface area contributed by atoms with E-state index in [-0.39, 0.29) is 0 Å². The van der Waals surface area contributed by atoms with Crippen LogP contribution in [0.15, 0.2) is 33.2 Å². The van der Waals surface area contributed by atoms with Crippen LogP contribution in [0.3, 0.4) is 0 Å². The lowest BCUT2D eigenvalue weighted by Gasteiger charge is -2.03. The molecule has 0 spiro atoms. The minimum absolute atomic E-state index is 0.552. The van der Waals surface area contributed by atoms with E-state index < -0.39 is 0 Å². The second-order valence-electron chi connectivity index (χ2n) is 4.00. The van der Waals surface area contributed by atoms with Gasteiger partial charge in [0.2, 0.25) is 5.89 Å². The third kappa shape index (κ3) is 3.30. The summed E-state index contributed by atoms with van der Waals surface area (Å²) in [5, 5.41) is 7.95. The fourth-order valence-corrected chi connectivity index (χ4v) is 1.69. The van der Waals surface area contributed by atoms with Crippen molar-refractivity contribution >= 4 is 21.9 Å². The lowest BCUT2D eigenvalue weighted by Crippen LogP contribution is -2.08. The first-order chi connectivity index (χ1) is 8.15. The molecule has 90 valence electrons. The largest absolute Gasteiger partial charge is 0.408 e. The topological polar surface area (TPSA) is 42.2 Å². The highest BCUT2D eigenvalue weighted by molar-refractivity contribution is 9.10. The first kappa shape index (κ1) is 12.1. The number of anilines is 1. The maximum absolute atomic E-state index is 5.48. The van der Waals surface area contributed by atoms with Crippen LogP contribution in [-0.4, -0.2) is 24.3 Å². The first-order valence-corrected chi connectivity index (χ1v) is 6.18. The zero-order chi connectivity index (χ0) is 12.3. The van der Waals surface area contributed by atoms with Gasteiger partial charge in [-0.1, -0.05) is 33.2 Å². The number of hydrogen-bond donors (Lipinski definition) is 0. The van der Waals surface area contributed by atoms with Crippen LogP contribution in [-0.2, 0) is 12.8 Å². The fraction of sp³-hybridized carbons (Fsp3) is 0.333. The summed E-state index contributed by atoms with van der Waals surface area (Å²) in [5.74, 6) is 0.677. The number of benzene rings is 1. The van der Waals surface area contributed by atoms with Crippen molar-refractivity contribution in [3.8, 4) is 0 Å². The van der Waals surface area contributed by atoms with Gasteiger partial charge in [-0.25, -0.2) is 0 Å². The molecule has 0 saturated carbocycles. The molecule has 0 saturated heterocycles. The molecule has 1 aromatic carbocycles. The van der Waals surface area contributed by atoms with Crippen molar-refractivity contribution in [1.82, 2.24) is 10.2 Å². The Morgan fingerprint density at radius 1 is 1.12 bits per heavy atom. The summed E-state index contributed by atoms with van der Waals surface area (Å²) in [6, 6.07) is 8.81. The maximum Gasteiger partial charge on any atom is 0.317 e. The van der Waals surface area contributed by atoms with E-state index in [0.29, 0.717) is 11.9 Å². The van der Waals surface area contributed by atoms with Crippen LogP contribution in [0.4, 0.5) is 6.01 Å². The molecular weight excluding hydrogens is 282 g/mol. The Labute approximate surface area is 109 Å². The number of hydrogen-bond acceptors (Lipinski definition) is 4. The summed E-state index contributed by atoms with van der Waals surface area (Å²) in [6.45, 7) is 0. The van der Waals surface area contributed by atoms with Crippen LogP contribution in [0.5, 0.6) is 0 Å². The molecule has 1 aromatic heterocycles. The van der Waals surface area contributed by atoms with Gasteiger partial charge in [-0.15, -0.1) is 5.10 Å². The number of aromatic nitrogens is 2. The molecule has 0 fully saturated rings. The monoisotopic (exact) mass is 295 g/mol. The van der Waals surface area contributed by atoms with Crippen LogP contribution >= 0.6 is 15.9 Å². The van der Waals surface area contributed by atoms with Gasteiger partial charge in [0.25, 0.3) is 0 Å². The van der Waals surface area contributed by atoms with Crippen LogP contribution in [0.2, 0.25) is 0 Å². The molecule has 0 unspecified atom stereocenters. The summed E-state index contributed by atoms with van der Waals surface area (Å²) in [6.07, 6.45) is 1.67. The van der Waals surface area contributed by atoms with Crippen LogP contribution in [0.1, 0.15) is 11.5 Å². The zero-order valence-electron chi connectivity index (χ0n) is 9.85. The molecule has 0 radical (unpaired) electrons. The molecule has 1 heterocycles. The Kier molecular flexibility index (Phi) is 3.78. The Morgan fingerprint density at radius 3 is 2.41 bits per heavy atom. The summed E-state index contributed by atoms with van der Waals surface area (Å²) < 4.78 is 6.58. The van der Waals surface area contributed by atoms with E-state index in [0.717, 1.165) is 17.3 Å². The molecule has 5 heteroatoms. The molecule has 4 nitrogen and oxygen atoms in total. The van der Waals surface area contributed by atoms with Crippen LogP contribution in [0.25, 0.3) is 0 Å². The summed E-state index contributed by atoms with van der Waals surface area (Å²) in [7, 11) is 3.76. The molecule has 2 rings (SSSR count). The molecular formula is C12H14BrN3O. The quantitative estimate of drug-likeness (QED) is 0.870. The lowest BCUT2D eigenvalue weighted by atomic mass is 10.1.